The zero-order chi connectivity index (χ0) is 12.0. The van der Waals surface area contributed by atoms with E-state index >= 15 is 0 Å². The third-order valence-corrected chi connectivity index (χ3v) is 3.07. The third kappa shape index (κ3) is 5.18. The van der Waals surface area contributed by atoms with Crippen molar-refractivity contribution in [2.75, 3.05) is 26.2 Å². The number of likely N-dealkylation sites (tertiary alicyclic amines) is 1. The predicted molar refractivity (Wildman–Crippen MR) is 59.8 cm³/mol. The van der Waals surface area contributed by atoms with Crippen LogP contribution in [0.5, 0.6) is 0 Å². The highest BCUT2D eigenvalue weighted by atomic mass is 19.3. The van der Waals surface area contributed by atoms with Crippen LogP contribution in [0.2, 0.25) is 0 Å². The zero-order valence-corrected chi connectivity index (χ0v) is 9.83. The molecule has 2 N–H and O–H groups in total. The molecule has 0 bridgehead atoms. The van der Waals surface area contributed by atoms with E-state index in [0.29, 0.717) is 12.1 Å². The summed E-state index contributed by atoms with van der Waals surface area (Å²) in [6.45, 7) is 3.63. The first-order valence-corrected chi connectivity index (χ1v) is 5.99. The SMILES string of the molecule is C[C@H](CCO)NC1CCN(CC(F)F)CC1. The normalized spacial score (nSPS) is 21.6. The van der Waals surface area contributed by atoms with Gasteiger partial charge in [0.25, 0.3) is 6.43 Å². The van der Waals surface area contributed by atoms with Gasteiger partial charge in [-0.1, -0.05) is 0 Å². The second-order valence-electron chi connectivity index (χ2n) is 4.55. The molecule has 0 amide bonds. The Labute approximate surface area is 95.8 Å². The molecular formula is C11H22F2N2O. The summed E-state index contributed by atoms with van der Waals surface area (Å²) in [6, 6.07) is 0.715. The minimum Gasteiger partial charge on any atom is -0.396 e. The van der Waals surface area contributed by atoms with Gasteiger partial charge < -0.3 is 10.4 Å². The molecule has 1 saturated heterocycles. The molecule has 0 unspecified atom stereocenters. The summed E-state index contributed by atoms with van der Waals surface area (Å²) in [6.07, 6.45) is 0.361. The van der Waals surface area contributed by atoms with E-state index in [1.54, 1.807) is 0 Å². The van der Waals surface area contributed by atoms with Crippen LogP contribution in [0.1, 0.15) is 26.2 Å². The summed E-state index contributed by atoms with van der Waals surface area (Å²) in [5.74, 6) is 0. The highest BCUT2D eigenvalue weighted by molar-refractivity contribution is 4.79. The Bertz CT molecular complexity index is 185. The smallest absolute Gasteiger partial charge is 0.251 e. The molecule has 1 aliphatic heterocycles. The molecule has 0 radical (unpaired) electrons. The van der Waals surface area contributed by atoms with E-state index in [0.717, 1.165) is 32.4 Å². The van der Waals surface area contributed by atoms with Crippen LogP contribution in [0.4, 0.5) is 8.78 Å². The first-order chi connectivity index (χ1) is 7.61. The van der Waals surface area contributed by atoms with E-state index in [1.807, 2.05) is 11.8 Å². The second kappa shape index (κ2) is 7.14. The minimum atomic E-state index is -2.22. The second-order valence-corrected chi connectivity index (χ2v) is 4.55. The highest BCUT2D eigenvalue weighted by Crippen LogP contribution is 2.12. The zero-order valence-electron chi connectivity index (χ0n) is 9.83. The minimum absolute atomic E-state index is 0.0983. The van der Waals surface area contributed by atoms with Crippen LogP contribution in [-0.2, 0) is 0 Å². The van der Waals surface area contributed by atoms with Crippen molar-refractivity contribution in [3.8, 4) is 0 Å². The first-order valence-electron chi connectivity index (χ1n) is 5.99. The van der Waals surface area contributed by atoms with Crippen molar-refractivity contribution in [2.45, 2.75) is 44.7 Å². The van der Waals surface area contributed by atoms with Gasteiger partial charge in [-0.3, -0.25) is 4.90 Å². The summed E-state index contributed by atoms with van der Waals surface area (Å²) < 4.78 is 24.3. The number of aliphatic hydroxyl groups excluding tert-OH is 1. The third-order valence-electron chi connectivity index (χ3n) is 3.07. The van der Waals surface area contributed by atoms with Gasteiger partial charge in [0.2, 0.25) is 0 Å². The van der Waals surface area contributed by atoms with Crippen molar-refractivity contribution in [3.63, 3.8) is 0 Å². The molecule has 0 aliphatic carbocycles. The maximum atomic E-state index is 12.1. The Hall–Kier alpha value is -0.260. The number of hydrogen-bond acceptors (Lipinski definition) is 3. The summed E-state index contributed by atoms with van der Waals surface area (Å²) in [4.78, 5) is 1.82. The summed E-state index contributed by atoms with van der Waals surface area (Å²) >= 11 is 0. The molecule has 5 heteroatoms. The van der Waals surface area contributed by atoms with Gasteiger partial charge in [0, 0.05) is 18.7 Å². The van der Waals surface area contributed by atoms with Crippen molar-refractivity contribution in [3.05, 3.63) is 0 Å². The van der Waals surface area contributed by atoms with Crippen molar-refractivity contribution in [1.29, 1.82) is 0 Å². The van der Waals surface area contributed by atoms with Gasteiger partial charge in [-0.25, -0.2) is 8.78 Å². The van der Waals surface area contributed by atoms with Gasteiger partial charge in [0.05, 0.1) is 6.54 Å². The van der Waals surface area contributed by atoms with E-state index in [-0.39, 0.29) is 13.2 Å². The van der Waals surface area contributed by atoms with E-state index < -0.39 is 6.43 Å². The Balaban J connectivity index is 2.16. The average molecular weight is 236 g/mol. The molecule has 1 aliphatic rings. The quantitative estimate of drug-likeness (QED) is 0.724. The fourth-order valence-electron chi connectivity index (χ4n) is 2.16. The number of hydrogen-bond donors (Lipinski definition) is 2. The van der Waals surface area contributed by atoms with Crippen LogP contribution in [0, 0.1) is 0 Å². The Kier molecular flexibility index (Phi) is 6.16. The van der Waals surface area contributed by atoms with E-state index in [1.165, 1.54) is 0 Å². The van der Waals surface area contributed by atoms with Crippen LogP contribution in [0.3, 0.4) is 0 Å². The Morgan fingerprint density at radius 1 is 1.38 bits per heavy atom. The lowest BCUT2D eigenvalue weighted by Crippen LogP contribution is -2.46. The largest absolute Gasteiger partial charge is 0.396 e. The molecule has 16 heavy (non-hydrogen) atoms. The number of aliphatic hydroxyl groups is 1. The van der Waals surface area contributed by atoms with Gasteiger partial charge in [0.1, 0.15) is 0 Å². The number of nitrogens with zero attached hydrogens (tertiary/aromatic N) is 1. The van der Waals surface area contributed by atoms with Crippen LogP contribution in [0.15, 0.2) is 0 Å². The molecule has 3 nitrogen and oxygen atoms in total. The lowest BCUT2D eigenvalue weighted by molar-refractivity contribution is 0.0718. The Morgan fingerprint density at radius 2 is 2.00 bits per heavy atom. The fraction of sp³-hybridized carbons (Fsp3) is 1.00. The van der Waals surface area contributed by atoms with E-state index in [2.05, 4.69) is 5.32 Å². The molecule has 1 rings (SSSR count). The molecule has 96 valence electrons. The maximum Gasteiger partial charge on any atom is 0.251 e. The molecular weight excluding hydrogens is 214 g/mol. The topological polar surface area (TPSA) is 35.5 Å². The van der Waals surface area contributed by atoms with Crippen LogP contribution >= 0.6 is 0 Å². The first kappa shape index (κ1) is 13.8. The van der Waals surface area contributed by atoms with Gasteiger partial charge in [0.15, 0.2) is 0 Å². The number of rotatable bonds is 6. The fourth-order valence-corrected chi connectivity index (χ4v) is 2.16. The molecule has 1 atom stereocenters. The number of piperidine rings is 1. The predicted octanol–water partition coefficient (Wildman–Crippen LogP) is 1.08. The average Bonchev–Trinajstić information content (AvgIpc) is 2.20. The molecule has 0 aromatic carbocycles. The standard InChI is InChI=1S/C11H22F2N2O/c1-9(4-7-16)14-10-2-5-15(6-3-10)8-11(12)13/h9-11,14,16H,2-8H2,1H3/t9-/m1/s1. The Morgan fingerprint density at radius 3 is 2.50 bits per heavy atom. The van der Waals surface area contributed by atoms with E-state index in [4.69, 9.17) is 5.11 Å². The summed E-state index contributed by atoms with van der Waals surface area (Å²) in [5, 5.41) is 12.2. The number of alkyl halides is 2. The maximum absolute atomic E-state index is 12.1. The lowest BCUT2D eigenvalue weighted by Gasteiger charge is -2.33. The highest BCUT2D eigenvalue weighted by Gasteiger charge is 2.21. The van der Waals surface area contributed by atoms with E-state index in [9.17, 15) is 8.78 Å². The summed E-state index contributed by atoms with van der Waals surface area (Å²) in [5.41, 5.74) is 0. The number of halogens is 2. The van der Waals surface area contributed by atoms with Crippen LogP contribution in [-0.4, -0.2) is 54.8 Å². The molecule has 0 spiro atoms. The summed E-state index contributed by atoms with van der Waals surface area (Å²) in [7, 11) is 0. The van der Waals surface area contributed by atoms with Crippen molar-refractivity contribution < 1.29 is 13.9 Å². The van der Waals surface area contributed by atoms with Gasteiger partial charge in [-0.15, -0.1) is 0 Å². The van der Waals surface area contributed by atoms with Gasteiger partial charge >= 0.3 is 0 Å². The van der Waals surface area contributed by atoms with Crippen LogP contribution < -0.4 is 5.32 Å². The molecule has 0 saturated carbocycles. The lowest BCUT2D eigenvalue weighted by atomic mass is 10.0. The molecule has 1 fully saturated rings. The van der Waals surface area contributed by atoms with Crippen LogP contribution in [0.25, 0.3) is 0 Å². The van der Waals surface area contributed by atoms with Crippen molar-refractivity contribution in [2.24, 2.45) is 0 Å². The molecule has 0 aromatic heterocycles. The monoisotopic (exact) mass is 236 g/mol. The molecule has 0 aromatic rings. The van der Waals surface area contributed by atoms with Gasteiger partial charge in [-0.05, 0) is 39.3 Å². The van der Waals surface area contributed by atoms with Crippen molar-refractivity contribution in [1.82, 2.24) is 10.2 Å². The van der Waals surface area contributed by atoms with Gasteiger partial charge in [-0.2, -0.15) is 0 Å². The number of nitrogens with one attached hydrogen (secondary N) is 1. The molecule has 1 heterocycles. The van der Waals surface area contributed by atoms with Crippen molar-refractivity contribution >= 4 is 0 Å².